The van der Waals surface area contributed by atoms with E-state index in [2.05, 4.69) is 53.6 Å². The Morgan fingerprint density at radius 1 is 1.23 bits per heavy atom. The van der Waals surface area contributed by atoms with Crippen LogP contribution in [-0.2, 0) is 16.7 Å². The first-order valence-corrected chi connectivity index (χ1v) is 10.3. The molecule has 0 fully saturated rings. The standard InChI is InChI=1S/C21H39N5O3.HI/c1-9-10-11-15(12-25-19(27)29-21(5,6)7)26-18(22-8)24-14-17-23-13-16(28-17)20(2,3)4;/h13,15H,9-12,14H2,1-8H3,(H,25,27)(H2,22,24,26);1H. The summed E-state index contributed by atoms with van der Waals surface area (Å²) in [6.45, 7) is 14.8. The van der Waals surface area contributed by atoms with Crippen molar-refractivity contribution in [3.05, 3.63) is 17.8 Å². The second-order valence-corrected chi connectivity index (χ2v) is 9.16. The largest absolute Gasteiger partial charge is 0.444 e. The monoisotopic (exact) mass is 537 g/mol. The number of ether oxygens (including phenoxy) is 1. The highest BCUT2D eigenvalue weighted by atomic mass is 127. The first kappa shape index (κ1) is 28.5. The molecule has 0 aliphatic carbocycles. The molecule has 1 amide bonds. The number of halogens is 1. The highest BCUT2D eigenvalue weighted by Crippen LogP contribution is 2.22. The Morgan fingerprint density at radius 2 is 1.90 bits per heavy atom. The van der Waals surface area contributed by atoms with E-state index in [1.54, 1.807) is 13.2 Å². The second-order valence-electron chi connectivity index (χ2n) is 9.16. The molecule has 0 spiro atoms. The summed E-state index contributed by atoms with van der Waals surface area (Å²) in [5.41, 5.74) is -0.597. The van der Waals surface area contributed by atoms with Crippen molar-refractivity contribution >= 4 is 36.0 Å². The molecule has 1 rings (SSSR count). The Hall–Kier alpha value is -1.52. The lowest BCUT2D eigenvalue weighted by molar-refractivity contribution is 0.0523. The number of nitrogens with zero attached hydrogens (tertiary/aromatic N) is 2. The fraction of sp³-hybridized carbons (Fsp3) is 0.762. The van der Waals surface area contributed by atoms with Crippen molar-refractivity contribution in [3.8, 4) is 0 Å². The van der Waals surface area contributed by atoms with E-state index in [9.17, 15) is 4.79 Å². The number of unbranched alkanes of at least 4 members (excludes halogenated alkanes) is 1. The summed E-state index contributed by atoms with van der Waals surface area (Å²) in [6.07, 6.45) is 4.36. The fourth-order valence-corrected chi connectivity index (χ4v) is 2.48. The Balaban J connectivity index is 0.00000841. The number of nitrogens with one attached hydrogen (secondary N) is 3. The third-order valence-electron chi connectivity index (χ3n) is 4.06. The second kappa shape index (κ2) is 13.0. The van der Waals surface area contributed by atoms with Crippen LogP contribution in [0.4, 0.5) is 4.79 Å². The zero-order valence-corrected chi connectivity index (χ0v) is 22.0. The molecule has 0 aliphatic heterocycles. The zero-order chi connectivity index (χ0) is 22.1. The van der Waals surface area contributed by atoms with E-state index in [4.69, 9.17) is 9.15 Å². The van der Waals surface area contributed by atoms with Gasteiger partial charge in [0.1, 0.15) is 11.4 Å². The number of carbonyl (C=O) groups is 1. The molecule has 1 heterocycles. The lowest BCUT2D eigenvalue weighted by Crippen LogP contribution is -2.48. The van der Waals surface area contributed by atoms with E-state index in [-0.39, 0.29) is 35.4 Å². The molecular weight excluding hydrogens is 497 g/mol. The molecule has 0 aliphatic rings. The maximum atomic E-state index is 12.0. The number of carbonyl (C=O) groups excluding carboxylic acids is 1. The first-order valence-electron chi connectivity index (χ1n) is 10.3. The molecule has 0 bridgehead atoms. The Kier molecular flexibility index (Phi) is 12.4. The number of aliphatic imine (C=N–C) groups is 1. The maximum Gasteiger partial charge on any atom is 0.407 e. The van der Waals surface area contributed by atoms with Crippen molar-refractivity contribution in [3.63, 3.8) is 0 Å². The number of rotatable bonds is 8. The fourth-order valence-electron chi connectivity index (χ4n) is 2.48. The van der Waals surface area contributed by atoms with Gasteiger partial charge in [-0.15, -0.1) is 24.0 Å². The van der Waals surface area contributed by atoms with Gasteiger partial charge in [-0.1, -0.05) is 40.5 Å². The number of oxazole rings is 1. The number of amides is 1. The van der Waals surface area contributed by atoms with Crippen LogP contribution in [0.25, 0.3) is 0 Å². The van der Waals surface area contributed by atoms with Crippen LogP contribution in [0.2, 0.25) is 0 Å². The van der Waals surface area contributed by atoms with E-state index in [0.717, 1.165) is 25.0 Å². The van der Waals surface area contributed by atoms with E-state index in [1.807, 2.05) is 20.8 Å². The van der Waals surface area contributed by atoms with Crippen molar-refractivity contribution in [2.24, 2.45) is 4.99 Å². The molecule has 0 radical (unpaired) electrons. The minimum Gasteiger partial charge on any atom is -0.444 e. The quantitative estimate of drug-likeness (QED) is 0.259. The third-order valence-corrected chi connectivity index (χ3v) is 4.06. The highest BCUT2D eigenvalue weighted by Gasteiger charge is 2.20. The van der Waals surface area contributed by atoms with Gasteiger partial charge in [0, 0.05) is 25.0 Å². The normalized spacial score (nSPS) is 13.3. The van der Waals surface area contributed by atoms with Gasteiger partial charge in [-0.3, -0.25) is 4.99 Å². The lowest BCUT2D eigenvalue weighted by atomic mass is 9.94. The number of hydrogen-bond donors (Lipinski definition) is 3. The van der Waals surface area contributed by atoms with Crippen molar-refractivity contribution in [2.75, 3.05) is 13.6 Å². The predicted octanol–water partition coefficient (Wildman–Crippen LogP) is 4.34. The van der Waals surface area contributed by atoms with Gasteiger partial charge >= 0.3 is 6.09 Å². The molecule has 0 saturated heterocycles. The summed E-state index contributed by atoms with van der Waals surface area (Å²) < 4.78 is 11.1. The van der Waals surface area contributed by atoms with Gasteiger partial charge in [0.25, 0.3) is 0 Å². The van der Waals surface area contributed by atoms with Gasteiger partial charge in [0.2, 0.25) is 5.89 Å². The van der Waals surface area contributed by atoms with Crippen LogP contribution in [0, 0.1) is 0 Å². The van der Waals surface area contributed by atoms with Crippen LogP contribution in [0.5, 0.6) is 0 Å². The van der Waals surface area contributed by atoms with Crippen LogP contribution in [-0.4, -0.2) is 42.3 Å². The summed E-state index contributed by atoms with van der Waals surface area (Å²) in [7, 11) is 1.71. The molecule has 1 atom stereocenters. The number of alkyl carbamates (subject to hydrolysis) is 1. The molecule has 1 aromatic rings. The van der Waals surface area contributed by atoms with Crippen LogP contribution >= 0.6 is 24.0 Å². The average molecular weight is 537 g/mol. The average Bonchev–Trinajstić information content (AvgIpc) is 3.08. The number of aromatic nitrogens is 1. The van der Waals surface area contributed by atoms with Gasteiger partial charge < -0.3 is 25.1 Å². The predicted molar refractivity (Wildman–Crippen MR) is 132 cm³/mol. The molecule has 3 N–H and O–H groups in total. The van der Waals surface area contributed by atoms with Crippen molar-refractivity contribution < 1.29 is 13.9 Å². The van der Waals surface area contributed by atoms with E-state index >= 15 is 0 Å². The molecular formula is C21H40IN5O3. The van der Waals surface area contributed by atoms with Gasteiger partial charge in [0.15, 0.2) is 5.96 Å². The Bertz CT molecular complexity index is 662. The van der Waals surface area contributed by atoms with Gasteiger partial charge in [0.05, 0.1) is 12.7 Å². The Morgan fingerprint density at radius 3 is 2.40 bits per heavy atom. The summed E-state index contributed by atoms with van der Waals surface area (Å²) in [6, 6.07) is 0.0309. The van der Waals surface area contributed by atoms with Crippen molar-refractivity contribution in [1.82, 2.24) is 20.9 Å². The molecule has 30 heavy (non-hydrogen) atoms. The molecule has 8 nitrogen and oxygen atoms in total. The van der Waals surface area contributed by atoms with Crippen molar-refractivity contribution in [2.45, 2.75) is 91.3 Å². The van der Waals surface area contributed by atoms with Gasteiger partial charge in [-0.2, -0.15) is 0 Å². The van der Waals surface area contributed by atoms with E-state index in [1.165, 1.54) is 0 Å². The minimum atomic E-state index is -0.518. The molecule has 1 unspecified atom stereocenters. The topological polar surface area (TPSA) is 101 Å². The van der Waals surface area contributed by atoms with Gasteiger partial charge in [-0.25, -0.2) is 9.78 Å². The molecule has 174 valence electrons. The molecule has 1 aromatic heterocycles. The van der Waals surface area contributed by atoms with Crippen molar-refractivity contribution in [1.29, 1.82) is 0 Å². The summed E-state index contributed by atoms with van der Waals surface area (Å²) in [4.78, 5) is 20.6. The number of hydrogen-bond acceptors (Lipinski definition) is 5. The maximum absolute atomic E-state index is 12.0. The summed E-state index contributed by atoms with van der Waals surface area (Å²) >= 11 is 0. The molecule has 9 heteroatoms. The van der Waals surface area contributed by atoms with Crippen LogP contribution < -0.4 is 16.0 Å². The minimum absolute atomic E-state index is 0. The Labute approximate surface area is 198 Å². The SMILES string of the molecule is CCCCC(CNC(=O)OC(C)(C)C)NC(=NC)NCc1ncc(C(C)(C)C)o1.I. The van der Waals surface area contributed by atoms with Crippen LogP contribution in [0.1, 0.15) is 79.4 Å². The summed E-state index contributed by atoms with van der Waals surface area (Å²) in [5, 5.41) is 9.42. The van der Waals surface area contributed by atoms with Gasteiger partial charge in [-0.05, 0) is 27.2 Å². The van der Waals surface area contributed by atoms with E-state index < -0.39 is 11.7 Å². The molecule has 0 aromatic carbocycles. The lowest BCUT2D eigenvalue weighted by Gasteiger charge is -2.24. The first-order chi connectivity index (χ1) is 13.4. The molecule has 0 saturated carbocycles. The van der Waals surface area contributed by atoms with Crippen LogP contribution in [0.3, 0.4) is 0 Å². The third kappa shape index (κ3) is 11.6. The van der Waals surface area contributed by atoms with E-state index in [0.29, 0.717) is 24.9 Å². The van der Waals surface area contributed by atoms with Crippen LogP contribution in [0.15, 0.2) is 15.6 Å². The smallest absolute Gasteiger partial charge is 0.407 e. The zero-order valence-electron chi connectivity index (χ0n) is 19.7. The number of guanidine groups is 1. The summed E-state index contributed by atoms with van der Waals surface area (Å²) in [5.74, 6) is 2.09. The highest BCUT2D eigenvalue weighted by molar-refractivity contribution is 14.0.